The van der Waals surface area contributed by atoms with E-state index < -0.39 is 0 Å². The number of rotatable bonds is 2. The van der Waals surface area contributed by atoms with Gasteiger partial charge in [-0.1, -0.05) is 0 Å². The Hall–Kier alpha value is -1.33. The van der Waals surface area contributed by atoms with Crippen molar-refractivity contribution in [2.24, 2.45) is 5.73 Å². The lowest BCUT2D eigenvalue weighted by atomic mass is 10.3. The third-order valence-corrected chi connectivity index (χ3v) is 3.00. The van der Waals surface area contributed by atoms with Gasteiger partial charge in [-0.2, -0.15) is 0 Å². The van der Waals surface area contributed by atoms with Crippen LogP contribution in [0.2, 0.25) is 0 Å². The zero-order chi connectivity index (χ0) is 9.42. The van der Waals surface area contributed by atoms with Crippen LogP contribution in [0.3, 0.4) is 0 Å². The maximum Gasteiger partial charge on any atom is 0.190 e. The Morgan fingerprint density at radius 1 is 1.69 bits per heavy atom. The number of hydrogen-bond acceptors (Lipinski definition) is 4. The molecule has 0 amide bonds. The van der Waals surface area contributed by atoms with Crippen LogP contribution in [0, 0.1) is 0 Å². The highest BCUT2D eigenvalue weighted by Gasteiger charge is 2.16. The molecule has 4 nitrogen and oxygen atoms in total. The fraction of sp³-hybridized carbons (Fsp3) is 0.125. The number of nitrogens with one attached hydrogen (secondary N) is 1. The van der Waals surface area contributed by atoms with Crippen molar-refractivity contribution in [1.29, 1.82) is 0 Å². The first-order valence-corrected chi connectivity index (χ1v) is 4.57. The van der Waals surface area contributed by atoms with Gasteiger partial charge in [0.2, 0.25) is 0 Å². The summed E-state index contributed by atoms with van der Waals surface area (Å²) in [6, 6.07) is 1.81. The van der Waals surface area contributed by atoms with Crippen LogP contribution in [0.25, 0.3) is 10.2 Å². The van der Waals surface area contributed by atoms with E-state index in [1.807, 2.05) is 6.07 Å². The molecule has 2 aromatic heterocycles. The lowest BCUT2D eigenvalue weighted by Gasteiger charge is -1.92. The zero-order valence-corrected chi connectivity index (χ0v) is 7.52. The van der Waals surface area contributed by atoms with E-state index in [1.54, 1.807) is 6.20 Å². The molecule has 68 valence electrons. The van der Waals surface area contributed by atoms with E-state index in [9.17, 15) is 9.90 Å². The molecule has 0 bridgehead atoms. The van der Waals surface area contributed by atoms with Gasteiger partial charge in [0.15, 0.2) is 11.5 Å². The highest BCUT2D eigenvalue weighted by atomic mass is 32.1. The summed E-state index contributed by atoms with van der Waals surface area (Å²) in [6.07, 6.45) is 1.72. The molecule has 0 atom stereocenters. The summed E-state index contributed by atoms with van der Waals surface area (Å²) in [6.45, 7) is -0.0728. The van der Waals surface area contributed by atoms with Gasteiger partial charge in [-0.15, -0.1) is 11.3 Å². The lowest BCUT2D eigenvalue weighted by molar-refractivity contribution is 0.100. The van der Waals surface area contributed by atoms with Crippen molar-refractivity contribution in [3.8, 4) is 5.75 Å². The second kappa shape index (κ2) is 2.86. The molecular weight excluding hydrogens is 188 g/mol. The first kappa shape index (κ1) is 8.28. The van der Waals surface area contributed by atoms with Crippen molar-refractivity contribution in [3.05, 3.63) is 17.1 Å². The third kappa shape index (κ3) is 1.13. The van der Waals surface area contributed by atoms with E-state index in [0.717, 1.165) is 4.70 Å². The molecule has 0 aliphatic rings. The Morgan fingerprint density at radius 2 is 2.46 bits per heavy atom. The van der Waals surface area contributed by atoms with Crippen molar-refractivity contribution in [1.82, 2.24) is 4.98 Å². The number of nitrogens with two attached hydrogens (primary N) is 1. The van der Waals surface area contributed by atoms with Gasteiger partial charge in [-0.25, -0.2) is 0 Å². The summed E-state index contributed by atoms with van der Waals surface area (Å²) in [5.74, 6) is -0.215. The van der Waals surface area contributed by atoms with Crippen LogP contribution in [0.1, 0.15) is 9.67 Å². The molecule has 0 saturated heterocycles. The number of carbonyl (C=O) groups excluding carboxylic acids is 1. The van der Waals surface area contributed by atoms with Crippen LogP contribution < -0.4 is 5.73 Å². The zero-order valence-electron chi connectivity index (χ0n) is 6.70. The molecular formula is C8H8N2O2S. The van der Waals surface area contributed by atoms with Crippen molar-refractivity contribution in [2.45, 2.75) is 0 Å². The van der Waals surface area contributed by atoms with Crippen LogP contribution in [-0.4, -0.2) is 22.4 Å². The van der Waals surface area contributed by atoms with Gasteiger partial charge in [-0.3, -0.25) is 4.79 Å². The number of hydrogen-bond donors (Lipinski definition) is 3. The number of aromatic nitrogens is 1. The summed E-state index contributed by atoms with van der Waals surface area (Å²) < 4.78 is 0.870. The van der Waals surface area contributed by atoms with E-state index in [1.165, 1.54) is 11.3 Å². The molecule has 0 aliphatic heterocycles. The molecule has 4 N–H and O–H groups in total. The van der Waals surface area contributed by atoms with E-state index in [0.29, 0.717) is 10.4 Å². The summed E-state index contributed by atoms with van der Waals surface area (Å²) in [5.41, 5.74) is 5.81. The molecule has 5 heteroatoms. The SMILES string of the molecule is NCC(=O)c1sc2cc[nH]c2c1O. The molecule has 13 heavy (non-hydrogen) atoms. The van der Waals surface area contributed by atoms with Crippen molar-refractivity contribution in [3.63, 3.8) is 0 Å². The van der Waals surface area contributed by atoms with Crippen molar-refractivity contribution in [2.75, 3.05) is 6.54 Å². The van der Waals surface area contributed by atoms with Gasteiger partial charge in [0.25, 0.3) is 0 Å². The molecule has 0 aromatic carbocycles. The van der Waals surface area contributed by atoms with Crippen molar-refractivity contribution < 1.29 is 9.90 Å². The minimum atomic E-state index is -0.230. The predicted octanol–water partition coefficient (Wildman–Crippen LogP) is 1.08. The second-order valence-electron chi connectivity index (χ2n) is 2.62. The first-order chi connectivity index (χ1) is 6.24. The summed E-state index contributed by atoms with van der Waals surface area (Å²) in [4.78, 5) is 14.4. The summed E-state index contributed by atoms with van der Waals surface area (Å²) >= 11 is 1.25. The van der Waals surface area contributed by atoms with Crippen LogP contribution >= 0.6 is 11.3 Å². The number of aromatic hydroxyl groups is 1. The molecule has 0 unspecified atom stereocenters. The van der Waals surface area contributed by atoms with E-state index in [-0.39, 0.29) is 18.1 Å². The molecule has 0 fully saturated rings. The Bertz CT molecular complexity index is 458. The Balaban J connectivity index is 2.64. The van der Waals surface area contributed by atoms with Crippen LogP contribution in [0.15, 0.2) is 12.3 Å². The molecule has 0 saturated carbocycles. The second-order valence-corrected chi connectivity index (χ2v) is 3.68. The van der Waals surface area contributed by atoms with Crippen LogP contribution in [0.5, 0.6) is 5.75 Å². The average molecular weight is 196 g/mol. The smallest absolute Gasteiger partial charge is 0.190 e. The van der Waals surface area contributed by atoms with Gasteiger partial charge in [0.05, 0.1) is 16.8 Å². The average Bonchev–Trinajstić information content (AvgIpc) is 2.68. The number of ketones is 1. The number of thiophene rings is 1. The van der Waals surface area contributed by atoms with Gasteiger partial charge in [0, 0.05) is 6.20 Å². The number of aromatic amines is 1. The van der Waals surface area contributed by atoms with Gasteiger partial charge in [0.1, 0.15) is 4.88 Å². The molecule has 0 radical (unpaired) electrons. The van der Waals surface area contributed by atoms with Gasteiger partial charge >= 0.3 is 0 Å². The van der Waals surface area contributed by atoms with Gasteiger partial charge in [-0.05, 0) is 6.07 Å². The topological polar surface area (TPSA) is 79.1 Å². The Labute approximate surface area is 78.0 Å². The van der Waals surface area contributed by atoms with Crippen LogP contribution in [-0.2, 0) is 0 Å². The quantitative estimate of drug-likeness (QED) is 0.629. The van der Waals surface area contributed by atoms with E-state index in [4.69, 9.17) is 5.73 Å². The normalized spacial score (nSPS) is 10.8. The van der Waals surface area contributed by atoms with Crippen molar-refractivity contribution >= 4 is 27.3 Å². The highest BCUT2D eigenvalue weighted by Crippen LogP contribution is 2.35. The molecule has 2 heterocycles. The van der Waals surface area contributed by atoms with Gasteiger partial charge < -0.3 is 15.8 Å². The summed E-state index contributed by atoms with van der Waals surface area (Å²) in [7, 11) is 0. The number of Topliss-reactive ketones (excluding diaryl/α,β-unsaturated/α-hetero) is 1. The molecule has 2 aromatic rings. The fourth-order valence-electron chi connectivity index (χ4n) is 1.18. The number of H-pyrrole nitrogens is 1. The molecule has 0 spiro atoms. The minimum Gasteiger partial charge on any atom is -0.504 e. The predicted molar refractivity (Wildman–Crippen MR) is 51.2 cm³/mol. The largest absolute Gasteiger partial charge is 0.504 e. The maximum atomic E-state index is 11.2. The minimum absolute atomic E-state index is 0.0143. The number of carbonyl (C=O) groups is 1. The standard InChI is InChI=1S/C8H8N2O2S/c9-3-4(11)8-7(12)6-5(13-8)1-2-10-6/h1-2,10,12H,3,9H2. The fourth-order valence-corrected chi connectivity index (χ4v) is 2.19. The number of fused-ring (bicyclic) bond motifs is 1. The Kier molecular flexibility index (Phi) is 1.82. The Morgan fingerprint density at radius 3 is 3.08 bits per heavy atom. The maximum absolute atomic E-state index is 11.2. The highest BCUT2D eigenvalue weighted by molar-refractivity contribution is 7.21. The summed E-state index contributed by atoms with van der Waals surface area (Å²) in [5, 5.41) is 9.58. The molecule has 2 rings (SSSR count). The third-order valence-electron chi connectivity index (χ3n) is 1.81. The first-order valence-electron chi connectivity index (χ1n) is 3.76. The van der Waals surface area contributed by atoms with Crippen LogP contribution in [0.4, 0.5) is 0 Å². The monoisotopic (exact) mass is 196 g/mol. The lowest BCUT2D eigenvalue weighted by Crippen LogP contribution is -2.12. The van der Waals surface area contributed by atoms with E-state index in [2.05, 4.69) is 4.98 Å². The molecule has 0 aliphatic carbocycles. The van der Waals surface area contributed by atoms with E-state index >= 15 is 0 Å².